The molecule has 2 aromatic rings. The number of ether oxygens (including phenoxy) is 1. The fourth-order valence-electron chi connectivity index (χ4n) is 6.19. The van der Waals surface area contributed by atoms with Crippen molar-refractivity contribution in [3.63, 3.8) is 0 Å². The molecule has 0 bridgehead atoms. The minimum atomic E-state index is -4.68. The van der Waals surface area contributed by atoms with Crippen LogP contribution in [0, 0.1) is 5.92 Å². The van der Waals surface area contributed by atoms with E-state index < -0.39 is 21.8 Å². The lowest BCUT2D eigenvalue weighted by Gasteiger charge is -2.37. The number of nitrogens with one attached hydrogen (secondary N) is 2. The number of carbonyl (C=O) groups is 1. The van der Waals surface area contributed by atoms with Crippen LogP contribution in [0.5, 0.6) is 5.75 Å². The number of anilines is 2. The third kappa shape index (κ3) is 9.17. The maximum atomic E-state index is 13.9. The summed E-state index contributed by atoms with van der Waals surface area (Å²) in [5, 5.41) is 5.98. The van der Waals surface area contributed by atoms with Crippen molar-refractivity contribution in [2.75, 3.05) is 45.4 Å². The fourth-order valence-corrected chi connectivity index (χ4v) is 7.43. The predicted molar refractivity (Wildman–Crippen MR) is 168 cm³/mol. The topological polar surface area (TPSA) is 117 Å². The summed E-state index contributed by atoms with van der Waals surface area (Å²) in [6.07, 6.45) is 5.69. The van der Waals surface area contributed by atoms with Gasteiger partial charge in [0.25, 0.3) is 5.91 Å². The molecule has 2 aliphatic rings. The molecule has 45 heavy (non-hydrogen) atoms. The van der Waals surface area contributed by atoms with Crippen LogP contribution in [0.2, 0.25) is 0 Å². The van der Waals surface area contributed by atoms with Crippen molar-refractivity contribution in [3.8, 4) is 5.75 Å². The SMILES string of the molecule is CCN(C1CCCCC1CC=Cc1nc(Nc2ccc(C(=O)NC3CCN(C)CC3)cc2OC)ncc1C(F)(F)F)S(C)(=O)=O. The van der Waals surface area contributed by atoms with Gasteiger partial charge in [-0.25, -0.2) is 18.4 Å². The molecule has 4 rings (SSSR count). The summed E-state index contributed by atoms with van der Waals surface area (Å²) in [7, 11) is 0.0688. The van der Waals surface area contributed by atoms with E-state index in [0.29, 0.717) is 30.0 Å². The number of piperidine rings is 1. The molecule has 0 spiro atoms. The van der Waals surface area contributed by atoms with Crippen molar-refractivity contribution in [1.29, 1.82) is 0 Å². The van der Waals surface area contributed by atoms with Gasteiger partial charge in [0.15, 0.2) is 0 Å². The van der Waals surface area contributed by atoms with Crippen LogP contribution in [-0.4, -0.2) is 85.6 Å². The van der Waals surface area contributed by atoms with E-state index in [9.17, 15) is 26.4 Å². The van der Waals surface area contributed by atoms with Crippen molar-refractivity contribution in [2.24, 2.45) is 5.92 Å². The van der Waals surface area contributed by atoms with Crippen LogP contribution < -0.4 is 15.4 Å². The summed E-state index contributed by atoms with van der Waals surface area (Å²) in [5.41, 5.74) is -0.514. The Morgan fingerprint density at radius 1 is 1.18 bits per heavy atom. The number of benzene rings is 1. The molecule has 0 radical (unpaired) electrons. The number of rotatable bonds is 11. The highest BCUT2D eigenvalue weighted by Crippen LogP contribution is 2.35. The Morgan fingerprint density at radius 2 is 1.89 bits per heavy atom. The summed E-state index contributed by atoms with van der Waals surface area (Å²) in [6.45, 7) is 3.95. The van der Waals surface area contributed by atoms with E-state index in [4.69, 9.17) is 4.74 Å². The molecule has 1 aromatic carbocycles. The molecular weight excluding hydrogens is 609 g/mol. The number of halogens is 3. The molecule has 248 valence electrons. The van der Waals surface area contributed by atoms with Gasteiger partial charge in [0.2, 0.25) is 16.0 Å². The smallest absolute Gasteiger partial charge is 0.419 e. The van der Waals surface area contributed by atoms with Gasteiger partial charge in [0, 0.05) is 30.4 Å². The quantitative estimate of drug-likeness (QED) is 0.336. The van der Waals surface area contributed by atoms with Gasteiger partial charge in [-0.1, -0.05) is 25.8 Å². The van der Waals surface area contributed by atoms with Crippen molar-refractivity contribution in [1.82, 2.24) is 24.5 Å². The van der Waals surface area contributed by atoms with Crippen molar-refractivity contribution < 1.29 is 31.1 Å². The van der Waals surface area contributed by atoms with Crippen molar-refractivity contribution in [3.05, 3.63) is 47.3 Å². The Labute approximate surface area is 263 Å². The number of hydrogen-bond donors (Lipinski definition) is 2. The number of likely N-dealkylation sites (tertiary alicyclic amines) is 1. The summed E-state index contributed by atoms with van der Waals surface area (Å²) in [6, 6.07) is 4.66. The lowest BCUT2D eigenvalue weighted by Crippen LogP contribution is -2.45. The van der Waals surface area contributed by atoms with Gasteiger partial charge in [-0.05, 0) is 82.4 Å². The largest absolute Gasteiger partial charge is 0.495 e. The Bertz CT molecular complexity index is 1460. The molecule has 1 aromatic heterocycles. The normalized spacial score (nSPS) is 20.4. The zero-order chi connectivity index (χ0) is 32.8. The summed E-state index contributed by atoms with van der Waals surface area (Å²) < 4.78 is 73.4. The Kier molecular flexibility index (Phi) is 11.5. The zero-order valence-electron chi connectivity index (χ0n) is 26.2. The first-order chi connectivity index (χ1) is 21.3. The average molecular weight is 653 g/mol. The van der Waals surface area contributed by atoms with Crippen LogP contribution in [0.1, 0.15) is 73.5 Å². The first kappa shape index (κ1) is 34.6. The van der Waals surface area contributed by atoms with Crippen LogP contribution in [0.3, 0.4) is 0 Å². The molecule has 2 fully saturated rings. The monoisotopic (exact) mass is 652 g/mol. The number of alkyl halides is 3. The molecule has 2 N–H and O–H groups in total. The lowest BCUT2D eigenvalue weighted by atomic mass is 9.82. The van der Waals surface area contributed by atoms with Crippen LogP contribution >= 0.6 is 0 Å². The number of nitrogens with zero attached hydrogens (tertiary/aromatic N) is 4. The van der Waals surface area contributed by atoms with Gasteiger partial charge < -0.3 is 20.3 Å². The summed E-state index contributed by atoms with van der Waals surface area (Å²) in [4.78, 5) is 23.2. The molecule has 14 heteroatoms. The molecule has 10 nitrogen and oxygen atoms in total. The Balaban J connectivity index is 1.51. The van der Waals surface area contributed by atoms with Crippen LogP contribution in [0.25, 0.3) is 6.08 Å². The molecule has 1 saturated carbocycles. The number of sulfonamides is 1. The highest BCUT2D eigenvalue weighted by molar-refractivity contribution is 7.88. The number of amides is 1. The maximum absolute atomic E-state index is 13.9. The van der Waals surface area contributed by atoms with E-state index >= 15 is 0 Å². The number of hydrogen-bond acceptors (Lipinski definition) is 8. The number of allylic oxidation sites excluding steroid dienone is 1. The number of carbonyl (C=O) groups excluding carboxylic acids is 1. The minimum Gasteiger partial charge on any atom is -0.495 e. The maximum Gasteiger partial charge on any atom is 0.419 e. The first-order valence-corrected chi connectivity index (χ1v) is 17.2. The second-order valence-corrected chi connectivity index (χ2v) is 13.7. The van der Waals surface area contributed by atoms with Gasteiger partial charge in [-0.2, -0.15) is 17.5 Å². The second kappa shape index (κ2) is 14.9. The van der Waals surface area contributed by atoms with Crippen LogP contribution in [0.4, 0.5) is 24.8 Å². The molecule has 1 amide bonds. The molecule has 1 aliphatic heterocycles. The Hall–Kier alpha value is -3.23. The molecule has 2 atom stereocenters. The molecular formula is C31H43F3N6O4S. The standard InChI is InChI=1S/C31H43F3N6O4S/c1-5-40(45(4,42)43)27-12-7-6-9-21(27)10-8-11-25-24(31(32,33)34)20-35-30(37-25)38-26-14-13-22(19-28(26)44-3)29(41)36-23-15-17-39(2)18-16-23/h8,11,13-14,19-21,23,27H,5-7,9-10,12,15-18H2,1-4H3,(H,36,41)(H,35,37,38). The van der Waals surface area contributed by atoms with Crippen LogP contribution in [0.15, 0.2) is 30.5 Å². The highest BCUT2D eigenvalue weighted by Gasteiger charge is 2.35. The van der Waals surface area contributed by atoms with Gasteiger partial charge in [0.05, 0.1) is 30.3 Å². The van der Waals surface area contributed by atoms with Crippen LogP contribution in [-0.2, 0) is 16.2 Å². The zero-order valence-corrected chi connectivity index (χ0v) is 27.0. The van der Waals surface area contributed by atoms with Gasteiger partial charge in [-0.3, -0.25) is 4.79 Å². The molecule has 2 heterocycles. The van der Waals surface area contributed by atoms with E-state index in [1.165, 1.54) is 23.7 Å². The van der Waals surface area contributed by atoms with Gasteiger partial charge in [-0.15, -0.1) is 0 Å². The van der Waals surface area contributed by atoms with Gasteiger partial charge >= 0.3 is 6.18 Å². The second-order valence-electron chi connectivity index (χ2n) is 11.8. The van der Waals surface area contributed by atoms with Crippen molar-refractivity contribution >= 4 is 33.6 Å². The van der Waals surface area contributed by atoms with E-state index in [1.807, 2.05) is 7.05 Å². The van der Waals surface area contributed by atoms with Crippen molar-refractivity contribution in [2.45, 2.75) is 70.1 Å². The van der Waals surface area contributed by atoms with E-state index in [0.717, 1.165) is 57.8 Å². The van der Waals surface area contributed by atoms with Gasteiger partial charge in [0.1, 0.15) is 5.75 Å². The summed E-state index contributed by atoms with van der Waals surface area (Å²) >= 11 is 0. The van der Waals surface area contributed by atoms with E-state index in [1.54, 1.807) is 31.2 Å². The minimum absolute atomic E-state index is 0.0159. The lowest BCUT2D eigenvalue weighted by molar-refractivity contribution is -0.138. The average Bonchev–Trinajstić information content (AvgIpc) is 2.98. The highest BCUT2D eigenvalue weighted by atomic mass is 32.2. The number of aromatic nitrogens is 2. The third-order valence-electron chi connectivity index (χ3n) is 8.58. The summed E-state index contributed by atoms with van der Waals surface area (Å²) in [5.74, 6) is -0.0140. The Morgan fingerprint density at radius 3 is 2.53 bits per heavy atom. The van der Waals surface area contributed by atoms with E-state index in [-0.39, 0.29) is 35.6 Å². The number of methoxy groups -OCH3 is 1. The first-order valence-electron chi connectivity index (χ1n) is 15.3. The fraction of sp³-hybridized carbons (Fsp3) is 0.581. The molecule has 1 aliphatic carbocycles. The molecule has 2 unspecified atom stereocenters. The van der Waals surface area contributed by atoms with E-state index in [2.05, 4.69) is 25.5 Å². The third-order valence-corrected chi connectivity index (χ3v) is 9.96. The molecule has 1 saturated heterocycles. The predicted octanol–water partition coefficient (Wildman–Crippen LogP) is 5.32.